The number of nitrogens with zero attached hydrogens (tertiary/aromatic N) is 1. The molecule has 0 aliphatic carbocycles. The van der Waals surface area contributed by atoms with Crippen molar-refractivity contribution >= 4 is 41.3 Å². The van der Waals surface area contributed by atoms with Gasteiger partial charge in [-0.1, -0.05) is 0 Å². The maximum absolute atomic E-state index is 11.5. The molecule has 11 heteroatoms. The summed E-state index contributed by atoms with van der Waals surface area (Å²) in [6.45, 7) is 4.26. The van der Waals surface area contributed by atoms with Gasteiger partial charge in [0, 0.05) is 27.7 Å². The van der Waals surface area contributed by atoms with Gasteiger partial charge in [0.15, 0.2) is 18.2 Å². The van der Waals surface area contributed by atoms with Crippen molar-refractivity contribution < 1.29 is 42.9 Å². The van der Waals surface area contributed by atoms with Crippen LogP contribution in [-0.2, 0) is 42.9 Å². The van der Waals surface area contributed by atoms with E-state index in [1.807, 2.05) is 0 Å². The maximum atomic E-state index is 11.5. The molecule has 144 valence electrons. The first kappa shape index (κ1) is 21.7. The summed E-state index contributed by atoms with van der Waals surface area (Å²) < 4.78 is 25.9. The van der Waals surface area contributed by atoms with Gasteiger partial charge in [-0.2, -0.15) is 0 Å². The van der Waals surface area contributed by atoms with Crippen LogP contribution in [0.2, 0.25) is 0 Å². The van der Waals surface area contributed by atoms with Gasteiger partial charge in [-0.25, -0.2) is 4.99 Å². The van der Waals surface area contributed by atoms with E-state index in [0.29, 0.717) is 0 Å². The highest BCUT2D eigenvalue weighted by molar-refractivity contribution is 7.78. The second-order valence-electron chi connectivity index (χ2n) is 5.31. The van der Waals surface area contributed by atoms with Crippen LogP contribution in [0.4, 0.5) is 0 Å². The normalized spacial score (nSPS) is 27.5. The van der Waals surface area contributed by atoms with Crippen molar-refractivity contribution in [3.63, 3.8) is 0 Å². The van der Waals surface area contributed by atoms with Crippen molar-refractivity contribution in [2.24, 2.45) is 4.99 Å². The molecule has 0 amide bonds. The van der Waals surface area contributed by atoms with Crippen molar-refractivity contribution in [3.05, 3.63) is 0 Å². The number of ether oxygens (including phenoxy) is 5. The third-order valence-electron chi connectivity index (χ3n) is 3.15. The van der Waals surface area contributed by atoms with Crippen molar-refractivity contribution in [2.75, 3.05) is 6.61 Å². The SMILES string of the molecule is CC(=O)OC[C@H]1OC(OC(C)=O)C(N=C=S)[C@@H](OC(C)=O)[C@@H]1OC(C)=O. The Kier molecular flexibility index (Phi) is 8.30. The largest absolute Gasteiger partial charge is 0.463 e. The molecule has 0 aromatic carbocycles. The van der Waals surface area contributed by atoms with Gasteiger partial charge < -0.3 is 23.7 Å². The van der Waals surface area contributed by atoms with E-state index in [1.54, 1.807) is 0 Å². The molecule has 0 radical (unpaired) electrons. The minimum absolute atomic E-state index is 0.336. The van der Waals surface area contributed by atoms with Gasteiger partial charge in [0.1, 0.15) is 12.7 Å². The second kappa shape index (κ2) is 9.95. The molecule has 0 aromatic rings. The summed E-state index contributed by atoms with van der Waals surface area (Å²) in [5.41, 5.74) is 0. The first-order chi connectivity index (χ1) is 12.1. The fraction of sp³-hybridized carbons (Fsp3) is 0.667. The molecule has 1 saturated heterocycles. The van der Waals surface area contributed by atoms with Gasteiger partial charge in [-0.15, -0.1) is 0 Å². The molecule has 1 aliphatic rings. The van der Waals surface area contributed by atoms with Crippen LogP contribution in [0.3, 0.4) is 0 Å². The molecule has 1 fully saturated rings. The van der Waals surface area contributed by atoms with E-state index in [9.17, 15) is 19.2 Å². The van der Waals surface area contributed by atoms with Crippen molar-refractivity contribution in [3.8, 4) is 0 Å². The van der Waals surface area contributed by atoms with Crippen LogP contribution in [0.1, 0.15) is 27.7 Å². The van der Waals surface area contributed by atoms with Gasteiger partial charge in [0.2, 0.25) is 6.29 Å². The number of carbonyl (C=O) groups is 4. The fourth-order valence-electron chi connectivity index (χ4n) is 2.34. The third-order valence-corrected chi connectivity index (χ3v) is 3.26. The van der Waals surface area contributed by atoms with Crippen molar-refractivity contribution in [1.29, 1.82) is 0 Å². The highest BCUT2D eigenvalue weighted by atomic mass is 32.1. The standard InChI is InChI=1S/C15H19NO9S/c1-7(17)21-5-11-13(22-8(2)18)14(23-9(3)19)12(16-6-26)15(25-11)24-10(4)20/h11-15H,5H2,1-4H3/t11-,12?,13-,14-,15?/m1/s1. The Bertz CT molecular complexity index is 616. The van der Waals surface area contributed by atoms with E-state index >= 15 is 0 Å². The molecule has 0 spiro atoms. The van der Waals surface area contributed by atoms with E-state index in [0.717, 1.165) is 20.8 Å². The molecule has 1 rings (SSSR count). The van der Waals surface area contributed by atoms with Gasteiger partial charge in [-0.05, 0) is 12.2 Å². The number of hydrogen-bond donors (Lipinski definition) is 0. The second-order valence-corrected chi connectivity index (χ2v) is 5.50. The Morgan fingerprint density at radius 3 is 1.92 bits per heavy atom. The van der Waals surface area contributed by atoms with Crippen LogP contribution in [-0.4, -0.2) is 66.3 Å². The van der Waals surface area contributed by atoms with Gasteiger partial charge in [-0.3, -0.25) is 19.2 Å². The van der Waals surface area contributed by atoms with Crippen LogP contribution in [0.5, 0.6) is 0 Å². The Morgan fingerprint density at radius 1 is 0.923 bits per heavy atom. The van der Waals surface area contributed by atoms with Gasteiger partial charge in [0.05, 0.1) is 5.16 Å². The maximum Gasteiger partial charge on any atom is 0.305 e. The fourth-order valence-corrected chi connectivity index (χ4v) is 2.47. The molecule has 2 unspecified atom stereocenters. The van der Waals surface area contributed by atoms with Crippen LogP contribution in [0, 0.1) is 0 Å². The first-order valence-corrected chi connectivity index (χ1v) is 7.94. The van der Waals surface area contributed by atoms with Crippen LogP contribution >= 0.6 is 12.2 Å². The summed E-state index contributed by atoms with van der Waals surface area (Å²) in [6.07, 6.45) is -4.78. The smallest absolute Gasteiger partial charge is 0.305 e. The molecular weight excluding hydrogens is 370 g/mol. The zero-order valence-corrected chi connectivity index (χ0v) is 15.4. The van der Waals surface area contributed by atoms with Crippen LogP contribution < -0.4 is 0 Å². The van der Waals surface area contributed by atoms with Gasteiger partial charge in [0.25, 0.3) is 0 Å². The van der Waals surface area contributed by atoms with E-state index in [1.165, 1.54) is 6.92 Å². The molecule has 10 nitrogen and oxygen atoms in total. The molecule has 26 heavy (non-hydrogen) atoms. The lowest BCUT2D eigenvalue weighted by Crippen LogP contribution is -2.61. The molecule has 0 saturated carbocycles. The zero-order chi connectivity index (χ0) is 19.9. The predicted molar refractivity (Wildman–Crippen MR) is 87.0 cm³/mol. The van der Waals surface area contributed by atoms with Gasteiger partial charge >= 0.3 is 23.9 Å². The third kappa shape index (κ3) is 6.51. The lowest BCUT2D eigenvalue weighted by molar-refractivity contribution is -0.266. The molecule has 1 aliphatic heterocycles. The van der Waals surface area contributed by atoms with Crippen molar-refractivity contribution in [1.82, 2.24) is 0 Å². The topological polar surface area (TPSA) is 127 Å². The summed E-state index contributed by atoms with van der Waals surface area (Å²) >= 11 is 4.58. The number of carbonyl (C=O) groups excluding carboxylic acids is 4. The zero-order valence-electron chi connectivity index (χ0n) is 14.6. The van der Waals surface area contributed by atoms with E-state index in [-0.39, 0.29) is 6.61 Å². The van der Waals surface area contributed by atoms with E-state index in [2.05, 4.69) is 22.4 Å². The predicted octanol–water partition coefficient (Wildman–Crippen LogP) is 0.172. The number of rotatable bonds is 6. The Balaban J connectivity index is 3.28. The lowest BCUT2D eigenvalue weighted by Gasteiger charge is -2.42. The molecular formula is C15H19NO9S. The first-order valence-electron chi connectivity index (χ1n) is 7.53. The molecule has 5 atom stereocenters. The van der Waals surface area contributed by atoms with Crippen LogP contribution in [0.25, 0.3) is 0 Å². The Hall–Kier alpha value is -2.36. The number of esters is 4. The highest BCUT2D eigenvalue weighted by Gasteiger charge is 2.51. The van der Waals surface area contributed by atoms with Crippen LogP contribution in [0.15, 0.2) is 4.99 Å². The number of isothiocyanates is 1. The lowest BCUT2D eigenvalue weighted by atomic mass is 9.96. The summed E-state index contributed by atoms with van der Waals surface area (Å²) in [6, 6.07) is -1.13. The number of thiocarbonyl (C=S) groups is 1. The monoisotopic (exact) mass is 389 g/mol. The molecule has 0 aromatic heterocycles. The van der Waals surface area contributed by atoms with E-state index in [4.69, 9.17) is 23.7 Å². The Labute approximate surface area is 154 Å². The average molecular weight is 389 g/mol. The van der Waals surface area contributed by atoms with Crippen molar-refractivity contribution in [2.45, 2.75) is 58.3 Å². The minimum atomic E-state index is -1.32. The Morgan fingerprint density at radius 2 is 1.46 bits per heavy atom. The quantitative estimate of drug-likeness (QED) is 0.268. The number of hydrogen-bond acceptors (Lipinski definition) is 11. The molecule has 1 heterocycles. The minimum Gasteiger partial charge on any atom is -0.463 e. The number of aliphatic imine (C=N–C) groups is 1. The summed E-state index contributed by atoms with van der Waals surface area (Å²) in [7, 11) is 0. The summed E-state index contributed by atoms with van der Waals surface area (Å²) in [5, 5.41) is 2.10. The summed E-state index contributed by atoms with van der Waals surface area (Å²) in [4.78, 5) is 49.3. The van der Waals surface area contributed by atoms with E-state index < -0.39 is 54.5 Å². The molecule has 0 bridgehead atoms. The highest BCUT2D eigenvalue weighted by Crippen LogP contribution is 2.29. The summed E-state index contributed by atoms with van der Waals surface area (Å²) in [5.74, 6) is -2.70. The molecule has 0 N–H and O–H groups in total. The average Bonchev–Trinajstić information content (AvgIpc) is 2.49.